The Kier molecular flexibility index (Phi) is 3.23. The smallest absolute Gasteiger partial charge is 0.104 e. The van der Waals surface area contributed by atoms with Crippen molar-refractivity contribution in [1.29, 1.82) is 0 Å². The number of hydrogen-bond donors (Lipinski definition) is 2. The molecule has 0 saturated carbocycles. The van der Waals surface area contributed by atoms with E-state index in [4.69, 9.17) is 0 Å². The Morgan fingerprint density at radius 3 is 3.12 bits per heavy atom. The maximum Gasteiger partial charge on any atom is 0.104 e. The number of rotatable bonds is 2. The molecule has 1 heterocycles. The van der Waals surface area contributed by atoms with Gasteiger partial charge in [-0.2, -0.15) is 0 Å². The first-order valence-electron chi connectivity index (χ1n) is 5.39. The fourth-order valence-electron chi connectivity index (χ4n) is 1.57. The molecule has 16 heavy (non-hydrogen) atoms. The summed E-state index contributed by atoms with van der Waals surface area (Å²) in [5.41, 5.74) is 3.09. The van der Waals surface area contributed by atoms with E-state index in [0.29, 0.717) is 0 Å². The summed E-state index contributed by atoms with van der Waals surface area (Å²) in [6, 6.07) is 6.05. The lowest BCUT2D eigenvalue weighted by Crippen LogP contribution is -2.05. The molecule has 1 aromatic heterocycles. The molecular formula is C13H15N3. The third kappa shape index (κ3) is 2.41. The summed E-state index contributed by atoms with van der Waals surface area (Å²) in [5.74, 6) is 7.21. The number of aromatic amines is 1. The number of aryl methyl sites for hydroxylation is 1. The molecule has 3 nitrogen and oxygen atoms in total. The Bertz CT molecular complexity index is 543. The van der Waals surface area contributed by atoms with Gasteiger partial charge in [-0.15, -0.1) is 0 Å². The van der Waals surface area contributed by atoms with Crippen LogP contribution in [0, 0.1) is 18.8 Å². The van der Waals surface area contributed by atoms with Gasteiger partial charge in [0.1, 0.15) is 5.82 Å². The summed E-state index contributed by atoms with van der Waals surface area (Å²) < 4.78 is 0. The molecule has 82 valence electrons. The van der Waals surface area contributed by atoms with Crippen molar-refractivity contribution in [2.75, 3.05) is 13.6 Å². The van der Waals surface area contributed by atoms with Crippen molar-refractivity contribution in [3.63, 3.8) is 0 Å². The first-order chi connectivity index (χ1) is 7.79. The molecule has 0 spiro atoms. The number of imidazole rings is 1. The summed E-state index contributed by atoms with van der Waals surface area (Å²) in [4.78, 5) is 7.56. The second-order valence-electron chi connectivity index (χ2n) is 3.71. The van der Waals surface area contributed by atoms with Crippen LogP contribution in [0.25, 0.3) is 11.0 Å². The van der Waals surface area contributed by atoms with Crippen LogP contribution >= 0.6 is 0 Å². The molecule has 0 fully saturated rings. The van der Waals surface area contributed by atoms with E-state index in [2.05, 4.69) is 27.1 Å². The van der Waals surface area contributed by atoms with Gasteiger partial charge in [0.05, 0.1) is 11.0 Å². The van der Waals surface area contributed by atoms with Gasteiger partial charge in [0.15, 0.2) is 0 Å². The van der Waals surface area contributed by atoms with Gasteiger partial charge < -0.3 is 10.3 Å². The molecule has 0 unspecified atom stereocenters. The minimum atomic E-state index is 0.872. The van der Waals surface area contributed by atoms with Crippen LogP contribution in [0.5, 0.6) is 0 Å². The summed E-state index contributed by atoms with van der Waals surface area (Å²) in [7, 11) is 1.93. The summed E-state index contributed by atoms with van der Waals surface area (Å²) in [6.07, 6.45) is 0.872. The first-order valence-corrected chi connectivity index (χ1v) is 5.39. The molecule has 2 rings (SSSR count). The van der Waals surface area contributed by atoms with Crippen molar-refractivity contribution in [1.82, 2.24) is 15.3 Å². The summed E-state index contributed by atoms with van der Waals surface area (Å²) >= 11 is 0. The predicted octanol–water partition coefficient (Wildman–Crippen LogP) is 1.83. The highest BCUT2D eigenvalue weighted by molar-refractivity contribution is 5.76. The van der Waals surface area contributed by atoms with Gasteiger partial charge in [-0.05, 0) is 32.2 Å². The van der Waals surface area contributed by atoms with E-state index in [1.54, 1.807) is 0 Å². The lowest BCUT2D eigenvalue weighted by Gasteiger charge is -1.91. The Labute approximate surface area is 95.3 Å². The highest BCUT2D eigenvalue weighted by Crippen LogP contribution is 2.12. The van der Waals surface area contributed by atoms with Gasteiger partial charge in [0.25, 0.3) is 0 Å². The third-order valence-corrected chi connectivity index (χ3v) is 2.33. The van der Waals surface area contributed by atoms with Crippen LogP contribution in [0.15, 0.2) is 18.2 Å². The van der Waals surface area contributed by atoms with Crippen molar-refractivity contribution in [3.05, 3.63) is 29.6 Å². The van der Waals surface area contributed by atoms with Crippen LogP contribution in [-0.4, -0.2) is 23.6 Å². The second-order valence-corrected chi connectivity index (χ2v) is 3.71. The number of hydrogen-bond acceptors (Lipinski definition) is 2. The standard InChI is InChI=1S/C13H15N3/c1-10-15-12-7-6-11(9-13(12)16-10)5-3-4-8-14-2/h6-7,9,14H,4,8H2,1-2H3,(H,15,16). The Morgan fingerprint density at radius 1 is 1.44 bits per heavy atom. The van der Waals surface area contributed by atoms with E-state index >= 15 is 0 Å². The lowest BCUT2D eigenvalue weighted by atomic mass is 10.2. The molecule has 3 heteroatoms. The molecule has 0 aliphatic heterocycles. The van der Waals surface area contributed by atoms with Crippen LogP contribution in [0.1, 0.15) is 17.8 Å². The van der Waals surface area contributed by atoms with Crippen molar-refractivity contribution in [3.8, 4) is 11.8 Å². The van der Waals surface area contributed by atoms with Gasteiger partial charge in [-0.3, -0.25) is 0 Å². The van der Waals surface area contributed by atoms with E-state index in [1.165, 1.54) is 0 Å². The van der Waals surface area contributed by atoms with Crippen molar-refractivity contribution in [2.45, 2.75) is 13.3 Å². The third-order valence-electron chi connectivity index (χ3n) is 2.33. The molecule has 0 aliphatic rings. The molecule has 0 bridgehead atoms. The zero-order valence-corrected chi connectivity index (χ0v) is 9.59. The maximum absolute atomic E-state index is 4.35. The molecule has 0 saturated heterocycles. The van der Waals surface area contributed by atoms with Gasteiger partial charge in [-0.25, -0.2) is 4.98 Å². The fourth-order valence-corrected chi connectivity index (χ4v) is 1.57. The SMILES string of the molecule is CNCCC#Cc1ccc2nc(C)[nH]c2c1. The average molecular weight is 213 g/mol. The largest absolute Gasteiger partial charge is 0.342 e. The Balaban J connectivity index is 2.21. The summed E-state index contributed by atoms with van der Waals surface area (Å²) in [5, 5.41) is 3.07. The summed E-state index contributed by atoms with van der Waals surface area (Å²) in [6.45, 7) is 2.89. The second kappa shape index (κ2) is 4.82. The van der Waals surface area contributed by atoms with E-state index in [0.717, 1.165) is 35.4 Å². The molecule has 0 amide bonds. The Hall–Kier alpha value is -1.79. The molecule has 2 aromatic rings. The lowest BCUT2D eigenvalue weighted by molar-refractivity contribution is 0.818. The molecule has 0 radical (unpaired) electrons. The monoisotopic (exact) mass is 213 g/mol. The molecule has 0 aliphatic carbocycles. The molecule has 0 atom stereocenters. The van der Waals surface area contributed by atoms with Crippen molar-refractivity contribution < 1.29 is 0 Å². The van der Waals surface area contributed by atoms with E-state index in [1.807, 2.05) is 32.2 Å². The topological polar surface area (TPSA) is 40.7 Å². The van der Waals surface area contributed by atoms with Crippen LogP contribution in [0.2, 0.25) is 0 Å². The minimum Gasteiger partial charge on any atom is -0.342 e. The fraction of sp³-hybridized carbons (Fsp3) is 0.308. The zero-order chi connectivity index (χ0) is 11.4. The zero-order valence-electron chi connectivity index (χ0n) is 9.59. The highest BCUT2D eigenvalue weighted by atomic mass is 14.9. The molecular weight excluding hydrogens is 198 g/mol. The number of H-pyrrole nitrogens is 1. The number of benzene rings is 1. The number of fused-ring (bicyclic) bond motifs is 1. The first kappa shape index (κ1) is 10.7. The number of nitrogens with one attached hydrogen (secondary N) is 2. The maximum atomic E-state index is 4.35. The van der Waals surface area contributed by atoms with Crippen LogP contribution in [0.4, 0.5) is 0 Å². The average Bonchev–Trinajstić information content (AvgIpc) is 2.64. The predicted molar refractivity (Wildman–Crippen MR) is 66.3 cm³/mol. The number of aromatic nitrogens is 2. The van der Waals surface area contributed by atoms with E-state index < -0.39 is 0 Å². The molecule has 2 N–H and O–H groups in total. The van der Waals surface area contributed by atoms with Crippen LogP contribution in [0.3, 0.4) is 0 Å². The Morgan fingerprint density at radius 2 is 2.31 bits per heavy atom. The normalized spacial score (nSPS) is 10.1. The van der Waals surface area contributed by atoms with Crippen molar-refractivity contribution >= 4 is 11.0 Å². The number of nitrogens with zero attached hydrogens (tertiary/aromatic N) is 1. The van der Waals surface area contributed by atoms with Gasteiger partial charge in [0.2, 0.25) is 0 Å². The quantitative estimate of drug-likeness (QED) is 0.590. The molecule has 1 aromatic carbocycles. The van der Waals surface area contributed by atoms with E-state index in [-0.39, 0.29) is 0 Å². The highest BCUT2D eigenvalue weighted by Gasteiger charge is 1.98. The van der Waals surface area contributed by atoms with E-state index in [9.17, 15) is 0 Å². The van der Waals surface area contributed by atoms with Gasteiger partial charge in [0, 0.05) is 18.5 Å². The van der Waals surface area contributed by atoms with Crippen LogP contribution in [-0.2, 0) is 0 Å². The minimum absolute atomic E-state index is 0.872. The van der Waals surface area contributed by atoms with Crippen molar-refractivity contribution in [2.24, 2.45) is 0 Å². The van der Waals surface area contributed by atoms with Gasteiger partial charge in [-0.1, -0.05) is 11.8 Å². The van der Waals surface area contributed by atoms with Crippen LogP contribution < -0.4 is 5.32 Å². The van der Waals surface area contributed by atoms with Gasteiger partial charge >= 0.3 is 0 Å².